The molecule has 2 rings (SSSR count). The third-order valence-corrected chi connectivity index (χ3v) is 2.34. The molecule has 2 aliphatic carbocycles. The second kappa shape index (κ2) is 3.35. The first-order valence-electron chi connectivity index (χ1n) is 4.34. The first kappa shape index (κ1) is 8.72. The first-order chi connectivity index (χ1) is 5.10. The zero-order valence-corrected chi connectivity index (χ0v) is 7.10. The number of ketones is 1. The predicted octanol–water partition coefficient (Wildman–Crippen LogP) is 1.66. The Balaban J connectivity index is 0.000000112. The SMILES string of the molecule is CC1(O)CCC1.O=C1CCC1. The van der Waals surface area contributed by atoms with E-state index in [1.165, 1.54) is 6.42 Å². The van der Waals surface area contributed by atoms with Crippen molar-refractivity contribution in [2.24, 2.45) is 0 Å². The summed E-state index contributed by atoms with van der Waals surface area (Å²) in [5, 5.41) is 8.91. The fourth-order valence-corrected chi connectivity index (χ4v) is 1.01. The maximum Gasteiger partial charge on any atom is 0.132 e. The summed E-state index contributed by atoms with van der Waals surface area (Å²) in [5.74, 6) is 0.435. The average molecular weight is 156 g/mol. The molecule has 2 fully saturated rings. The number of rotatable bonds is 0. The molecule has 0 unspecified atom stereocenters. The molecule has 0 aromatic heterocycles. The van der Waals surface area contributed by atoms with Crippen LogP contribution in [0, 0.1) is 0 Å². The second-order valence-corrected chi connectivity index (χ2v) is 3.74. The van der Waals surface area contributed by atoms with E-state index >= 15 is 0 Å². The predicted molar refractivity (Wildman–Crippen MR) is 43.3 cm³/mol. The van der Waals surface area contributed by atoms with Crippen molar-refractivity contribution >= 4 is 5.78 Å². The van der Waals surface area contributed by atoms with Crippen molar-refractivity contribution in [1.82, 2.24) is 0 Å². The van der Waals surface area contributed by atoms with Crippen molar-refractivity contribution in [2.75, 3.05) is 0 Å². The molecule has 0 heterocycles. The van der Waals surface area contributed by atoms with Gasteiger partial charge in [0.05, 0.1) is 5.60 Å². The molecule has 2 heteroatoms. The number of hydrogen-bond acceptors (Lipinski definition) is 2. The lowest BCUT2D eigenvalue weighted by Gasteiger charge is -2.31. The summed E-state index contributed by atoms with van der Waals surface area (Å²) in [4.78, 5) is 9.90. The monoisotopic (exact) mass is 156 g/mol. The Labute approximate surface area is 67.6 Å². The van der Waals surface area contributed by atoms with Gasteiger partial charge < -0.3 is 5.11 Å². The van der Waals surface area contributed by atoms with Crippen LogP contribution in [0.2, 0.25) is 0 Å². The smallest absolute Gasteiger partial charge is 0.132 e. The van der Waals surface area contributed by atoms with Gasteiger partial charge in [-0.3, -0.25) is 4.79 Å². The van der Waals surface area contributed by atoms with Crippen LogP contribution in [-0.2, 0) is 4.79 Å². The van der Waals surface area contributed by atoms with E-state index in [9.17, 15) is 4.79 Å². The number of carbonyl (C=O) groups excluding carboxylic acids is 1. The number of carbonyl (C=O) groups is 1. The van der Waals surface area contributed by atoms with Gasteiger partial charge in [-0.2, -0.15) is 0 Å². The zero-order chi connectivity index (χ0) is 8.32. The van der Waals surface area contributed by atoms with Crippen molar-refractivity contribution in [3.8, 4) is 0 Å². The topological polar surface area (TPSA) is 37.3 Å². The minimum atomic E-state index is -0.278. The lowest BCUT2D eigenvalue weighted by Crippen LogP contribution is -2.32. The van der Waals surface area contributed by atoms with Crippen LogP contribution in [-0.4, -0.2) is 16.5 Å². The van der Waals surface area contributed by atoms with E-state index in [0.717, 1.165) is 32.1 Å². The summed E-state index contributed by atoms with van der Waals surface area (Å²) in [6, 6.07) is 0. The van der Waals surface area contributed by atoms with E-state index in [0.29, 0.717) is 5.78 Å². The van der Waals surface area contributed by atoms with E-state index in [1.807, 2.05) is 6.92 Å². The zero-order valence-electron chi connectivity index (χ0n) is 7.10. The Bertz CT molecular complexity index is 138. The van der Waals surface area contributed by atoms with Gasteiger partial charge in [0, 0.05) is 12.8 Å². The Morgan fingerprint density at radius 1 is 1.27 bits per heavy atom. The molecule has 2 aliphatic rings. The van der Waals surface area contributed by atoms with E-state index in [-0.39, 0.29) is 5.60 Å². The molecule has 0 spiro atoms. The Kier molecular flexibility index (Phi) is 2.66. The van der Waals surface area contributed by atoms with Crippen LogP contribution in [0.4, 0.5) is 0 Å². The van der Waals surface area contributed by atoms with Gasteiger partial charge in [-0.15, -0.1) is 0 Å². The van der Waals surface area contributed by atoms with E-state index < -0.39 is 0 Å². The molecule has 1 N–H and O–H groups in total. The average Bonchev–Trinajstić information content (AvgIpc) is 1.82. The molecular weight excluding hydrogens is 140 g/mol. The van der Waals surface area contributed by atoms with Crippen molar-refractivity contribution in [3.05, 3.63) is 0 Å². The molecule has 64 valence electrons. The Morgan fingerprint density at radius 3 is 1.64 bits per heavy atom. The fraction of sp³-hybridized carbons (Fsp3) is 0.889. The van der Waals surface area contributed by atoms with Crippen LogP contribution < -0.4 is 0 Å². The van der Waals surface area contributed by atoms with Gasteiger partial charge in [-0.1, -0.05) is 0 Å². The van der Waals surface area contributed by atoms with Gasteiger partial charge in [0.25, 0.3) is 0 Å². The number of aliphatic hydroxyl groups is 1. The molecule has 0 amide bonds. The highest BCUT2D eigenvalue weighted by Crippen LogP contribution is 2.29. The summed E-state index contributed by atoms with van der Waals surface area (Å²) in [7, 11) is 0. The molecule has 0 aliphatic heterocycles. The standard InChI is InChI=1S/C5H10O.C4H6O/c1-5(6)3-2-4-5;5-4-2-1-3-4/h6H,2-4H2,1H3;1-3H2. The quantitative estimate of drug-likeness (QED) is 0.579. The van der Waals surface area contributed by atoms with Crippen LogP contribution in [0.15, 0.2) is 0 Å². The second-order valence-electron chi connectivity index (χ2n) is 3.74. The van der Waals surface area contributed by atoms with Crippen LogP contribution >= 0.6 is 0 Å². The van der Waals surface area contributed by atoms with Gasteiger partial charge in [-0.25, -0.2) is 0 Å². The van der Waals surface area contributed by atoms with Crippen molar-refractivity contribution in [3.63, 3.8) is 0 Å². The van der Waals surface area contributed by atoms with Crippen molar-refractivity contribution < 1.29 is 9.90 Å². The highest BCUT2D eigenvalue weighted by molar-refractivity contribution is 5.83. The van der Waals surface area contributed by atoms with E-state index in [4.69, 9.17) is 5.11 Å². The van der Waals surface area contributed by atoms with E-state index in [2.05, 4.69) is 0 Å². The summed E-state index contributed by atoms with van der Waals surface area (Å²) in [6.45, 7) is 1.89. The van der Waals surface area contributed by atoms with Crippen LogP contribution in [0.1, 0.15) is 45.4 Å². The molecule has 2 nitrogen and oxygen atoms in total. The number of hydrogen-bond donors (Lipinski definition) is 1. The maximum atomic E-state index is 9.90. The molecule has 11 heavy (non-hydrogen) atoms. The van der Waals surface area contributed by atoms with Gasteiger partial charge in [0.2, 0.25) is 0 Å². The third kappa shape index (κ3) is 3.02. The third-order valence-electron chi connectivity index (χ3n) is 2.34. The normalized spacial score (nSPS) is 25.8. The van der Waals surface area contributed by atoms with Gasteiger partial charge in [0.1, 0.15) is 5.78 Å². The molecule has 2 saturated carbocycles. The Morgan fingerprint density at radius 2 is 1.64 bits per heavy atom. The highest BCUT2D eigenvalue weighted by atomic mass is 16.3. The van der Waals surface area contributed by atoms with Gasteiger partial charge in [0.15, 0.2) is 0 Å². The molecule has 0 radical (unpaired) electrons. The lowest BCUT2D eigenvalue weighted by molar-refractivity contribution is -0.123. The summed E-state index contributed by atoms with van der Waals surface area (Å²) in [6.07, 6.45) is 6.06. The minimum Gasteiger partial charge on any atom is -0.390 e. The molecule has 0 bridgehead atoms. The van der Waals surface area contributed by atoms with Crippen molar-refractivity contribution in [2.45, 2.75) is 51.0 Å². The van der Waals surface area contributed by atoms with Gasteiger partial charge >= 0.3 is 0 Å². The summed E-state index contributed by atoms with van der Waals surface area (Å²) < 4.78 is 0. The summed E-state index contributed by atoms with van der Waals surface area (Å²) in [5.41, 5.74) is -0.278. The van der Waals surface area contributed by atoms with Crippen LogP contribution in [0.5, 0.6) is 0 Å². The largest absolute Gasteiger partial charge is 0.390 e. The molecule has 0 aromatic carbocycles. The maximum absolute atomic E-state index is 9.90. The van der Waals surface area contributed by atoms with Gasteiger partial charge in [-0.05, 0) is 32.6 Å². The minimum absolute atomic E-state index is 0.278. The van der Waals surface area contributed by atoms with Crippen molar-refractivity contribution in [1.29, 1.82) is 0 Å². The highest BCUT2D eigenvalue weighted by Gasteiger charge is 2.27. The van der Waals surface area contributed by atoms with Crippen LogP contribution in [0.3, 0.4) is 0 Å². The first-order valence-corrected chi connectivity index (χ1v) is 4.34. The Hall–Kier alpha value is -0.370. The molecule has 0 atom stereocenters. The molecule has 0 aromatic rings. The molecule has 0 saturated heterocycles. The lowest BCUT2D eigenvalue weighted by atomic mass is 9.82. The van der Waals surface area contributed by atoms with E-state index in [1.54, 1.807) is 0 Å². The summed E-state index contributed by atoms with van der Waals surface area (Å²) >= 11 is 0. The fourth-order valence-electron chi connectivity index (χ4n) is 1.01. The molecular formula is C9H16O2. The number of Topliss-reactive ketones (excluding diaryl/α,β-unsaturated/α-hetero) is 1. The van der Waals surface area contributed by atoms with Crippen LogP contribution in [0.25, 0.3) is 0 Å².